The number of fused-ring (bicyclic) bond motifs is 1. The maximum Gasteiger partial charge on any atom is 0.263 e. The van der Waals surface area contributed by atoms with Crippen LogP contribution in [0.4, 0.5) is 8.78 Å². The van der Waals surface area contributed by atoms with Crippen LogP contribution in [0.5, 0.6) is 0 Å². The lowest BCUT2D eigenvalue weighted by Crippen LogP contribution is -2.23. The number of nitrogens with zero attached hydrogens (tertiary/aromatic N) is 3. The lowest BCUT2D eigenvalue weighted by Gasteiger charge is -2.05. The van der Waals surface area contributed by atoms with E-state index in [1.807, 2.05) is 29.9 Å². The van der Waals surface area contributed by atoms with E-state index in [1.54, 1.807) is 13.1 Å². The van der Waals surface area contributed by atoms with Gasteiger partial charge < -0.3 is 9.88 Å². The minimum absolute atomic E-state index is 0.0319. The minimum atomic E-state index is -0.690. The summed E-state index contributed by atoms with van der Waals surface area (Å²) in [5, 5.41) is 4.35. The van der Waals surface area contributed by atoms with Crippen LogP contribution in [-0.2, 0) is 13.6 Å². The Balaban J connectivity index is 1.59. The predicted molar refractivity (Wildman–Crippen MR) is 104 cm³/mol. The van der Waals surface area contributed by atoms with Gasteiger partial charge in [-0.25, -0.2) is 18.7 Å². The fourth-order valence-electron chi connectivity index (χ4n) is 3.03. The van der Waals surface area contributed by atoms with Crippen LogP contribution in [0, 0.1) is 18.6 Å². The van der Waals surface area contributed by atoms with E-state index in [4.69, 9.17) is 0 Å². The molecule has 3 aromatic heterocycles. The second-order valence-electron chi connectivity index (χ2n) is 6.38. The monoisotopic (exact) mass is 398 g/mol. The van der Waals surface area contributed by atoms with Crippen molar-refractivity contribution in [3.05, 3.63) is 70.5 Å². The number of carbonyl (C=O) groups is 1. The first kappa shape index (κ1) is 18.2. The average Bonchev–Trinajstić information content (AvgIpc) is 3.21. The van der Waals surface area contributed by atoms with Crippen LogP contribution >= 0.6 is 11.3 Å². The maximum absolute atomic E-state index is 13.7. The van der Waals surface area contributed by atoms with Gasteiger partial charge in [-0.1, -0.05) is 6.07 Å². The first-order valence-corrected chi connectivity index (χ1v) is 9.35. The van der Waals surface area contributed by atoms with Crippen LogP contribution in [0.1, 0.15) is 20.9 Å². The van der Waals surface area contributed by atoms with Gasteiger partial charge in [0.2, 0.25) is 0 Å². The van der Waals surface area contributed by atoms with Crippen LogP contribution in [0.15, 0.2) is 42.7 Å². The first-order valence-electron chi connectivity index (χ1n) is 8.54. The van der Waals surface area contributed by atoms with E-state index in [-0.39, 0.29) is 18.0 Å². The Bertz CT molecular complexity index is 1200. The molecule has 0 atom stereocenters. The summed E-state index contributed by atoms with van der Waals surface area (Å²) in [7, 11) is 1.91. The number of halogens is 2. The second kappa shape index (κ2) is 7.12. The summed E-state index contributed by atoms with van der Waals surface area (Å²) in [4.78, 5) is 21.9. The molecule has 5 nitrogen and oxygen atoms in total. The van der Waals surface area contributed by atoms with Gasteiger partial charge in [-0.2, -0.15) is 0 Å². The normalized spacial score (nSPS) is 11.1. The number of rotatable bonds is 4. The summed E-state index contributed by atoms with van der Waals surface area (Å²) in [6, 6.07) is 7.10. The van der Waals surface area contributed by atoms with Gasteiger partial charge in [-0.15, -0.1) is 11.3 Å². The van der Waals surface area contributed by atoms with Crippen molar-refractivity contribution < 1.29 is 13.6 Å². The van der Waals surface area contributed by atoms with E-state index in [0.29, 0.717) is 15.6 Å². The molecule has 0 bridgehead atoms. The van der Waals surface area contributed by atoms with Gasteiger partial charge in [0, 0.05) is 48.6 Å². The summed E-state index contributed by atoms with van der Waals surface area (Å²) < 4.78 is 28.7. The molecule has 0 saturated carbocycles. The number of benzene rings is 1. The molecule has 28 heavy (non-hydrogen) atoms. The molecule has 8 heteroatoms. The van der Waals surface area contributed by atoms with Crippen molar-refractivity contribution in [1.82, 2.24) is 19.9 Å². The average molecular weight is 398 g/mol. The van der Waals surface area contributed by atoms with Crippen molar-refractivity contribution in [3.8, 4) is 10.6 Å². The molecule has 0 radical (unpaired) electrons. The zero-order chi connectivity index (χ0) is 19.8. The van der Waals surface area contributed by atoms with Gasteiger partial charge in [0.15, 0.2) is 0 Å². The fourth-order valence-corrected chi connectivity index (χ4v) is 4.03. The van der Waals surface area contributed by atoms with Gasteiger partial charge in [-0.3, -0.25) is 4.79 Å². The van der Waals surface area contributed by atoms with Gasteiger partial charge in [0.25, 0.3) is 5.91 Å². The largest absolute Gasteiger partial charge is 0.347 e. The highest BCUT2D eigenvalue weighted by Gasteiger charge is 2.19. The topological polar surface area (TPSA) is 59.8 Å². The number of amides is 1. The smallest absolute Gasteiger partial charge is 0.263 e. The molecule has 1 N–H and O–H groups in total. The highest BCUT2D eigenvalue weighted by molar-refractivity contribution is 7.17. The van der Waals surface area contributed by atoms with Crippen LogP contribution in [-0.4, -0.2) is 20.4 Å². The number of carbonyl (C=O) groups excluding carboxylic acids is 1. The maximum atomic E-state index is 13.7. The molecule has 0 spiro atoms. The third-order valence-electron chi connectivity index (χ3n) is 4.42. The zero-order valence-corrected chi connectivity index (χ0v) is 16.0. The number of pyridine rings is 1. The Morgan fingerprint density at radius 2 is 2.11 bits per heavy atom. The summed E-state index contributed by atoms with van der Waals surface area (Å²) in [6.45, 7) is 1.73. The number of hydrogen-bond donors (Lipinski definition) is 1. The molecule has 0 unspecified atom stereocenters. The van der Waals surface area contributed by atoms with Crippen LogP contribution in [0.2, 0.25) is 0 Å². The number of aromatic nitrogens is 3. The second-order valence-corrected chi connectivity index (χ2v) is 7.38. The summed E-state index contributed by atoms with van der Waals surface area (Å²) in [5.41, 5.74) is 2.56. The molecular weight excluding hydrogens is 382 g/mol. The Morgan fingerprint density at radius 3 is 2.89 bits per heavy atom. The minimum Gasteiger partial charge on any atom is -0.347 e. The fraction of sp³-hybridized carbons (Fsp3) is 0.150. The third kappa shape index (κ3) is 3.27. The molecule has 142 valence electrons. The summed E-state index contributed by atoms with van der Waals surface area (Å²) in [5.74, 6) is -1.69. The van der Waals surface area contributed by atoms with Gasteiger partial charge in [0.05, 0.1) is 5.69 Å². The summed E-state index contributed by atoms with van der Waals surface area (Å²) >= 11 is 1.27. The van der Waals surface area contributed by atoms with Crippen molar-refractivity contribution in [2.45, 2.75) is 13.5 Å². The van der Waals surface area contributed by atoms with Crippen molar-refractivity contribution in [2.75, 3.05) is 0 Å². The standard InChI is InChI=1S/C20H16F2N4OS/c1-11-17(19(27)24-9-12-5-6-13(21)8-16(12)22)28-20(25-11)15-10-26(2)18-14(15)4-3-7-23-18/h3-8,10H,9H2,1-2H3,(H,24,27). The van der Waals surface area contributed by atoms with Crippen molar-refractivity contribution in [1.29, 1.82) is 0 Å². The highest BCUT2D eigenvalue weighted by Crippen LogP contribution is 2.33. The van der Waals surface area contributed by atoms with Crippen LogP contribution in [0.25, 0.3) is 21.6 Å². The summed E-state index contributed by atoms with van der Waals surface area (Å²) in [6.07, 6.45) is 3.66. The van der Waals surface area contributed by atoms with Crippen molar-refractivity contribution in [3.63, 3.8) is 0 Å². The Kier molecular flexibility index (Phi) is 4.64. The van der Waals surface area contributed by atoms with E-state index < -0.39 is 11.6 Å². The van der Waals surface area contributed by atoms with E-state index in [1.165, 1.54) is 17.4 Å². The molecule has 4 aromatic rings. The molecular formula is C20H16F2N4OS. The van der Waals surface area contributed by atoms with Crippen molar-refractivity contribution >= 4 is 28.3 Å². The molecule has 0 fully saturated rings. The lowest BCUT2D eigenvalue weighted by molar-refractivity contribution is 0.0954. The zero-order valence-electron chi connectivity index (χ0n) is 15.2. The van der Waals surface area contributed by atoms with E-state index in [0.717, 1.165) is 28.7 Å². The molecule has 0 aliphatic carbocycles. The molecule has 1 aromatic carbocycles. The quantitative estimate of drug-likeness (QED) is 0.560. The van der Waals surface area contributed by atoms with E-state index >= 15 is 0 Å². The van der Waals surface area contributed by atoms with Crippen molar-refractivity contribution in [2.24, 2.45) is 7.05 Å². The Labute approximate surface area is 163 Å². The van der Waals surface area contributed by atoms with E-state index in [9.17, 15) is 13.6 Å². The van der Waals surface area contributed by atoms with Gasteiger partial charge in [-0.05, 0) is 25.1 Å². The van der Waals surface area contributed by atoms with E-state index in [2.05, 4.69) is 15.3 Å². The molecule has 0 aliphatic heterocycles. The highest BCUT2D eigenvalue weighted by atomic mass is 32.1. The SMILES string of the molecule is Cc1nc(-c2cn(C)c3ncccc23)sc1C(=O)NCc1ccc(F)cc1F. The lowest BCUT2D eigenvalue weighted by atomic mass is 10.2. The van der Waals surface area contributed by atoms with Crippen LogP contribution < -0.4 is 5.32 Å². The Hall–Kier alpha value is -3.13. The van der Waals surface area contributed by atoms with Gasteiger partial charge in [0.1, 0.15) is 27.2 Å². The predicted octanol–water partition coefficient (Wildman–Crippen LogP) is 4.21. The number of thiazole rings is 1. The number of aryl methyl sites for hydroxylation is 2. The molecule has 3 heterocycles. The molecule has 0 aliphatic rings. The third-order valence-corrected chi connectivity index (χ3v) is 5.61. The molecule has 1 amide bonds. The first-order chi connectivity index (χ1) is 13.4. The Morgan fingerprint density at radius 1 is 1.29 bits per heavy atom. The number of nitrogens with one attached hydrogen (secondary N) is 1. The number of hydrogen-bond acceptors (Lipinski definition) is 4. The van der Waals surface area contributed by atoms with Gasteiger partial charge >= 0.3 is 0 Å². The molecule has 0 saturated heterocycles. The van der Waals surface area contributed by atoms with Crippen LogP contribution in [0.3, 0.4) is 0 Å². The molecule has 4 rings (SSSR count).